The van der Waals surface area contributed by atoms with Gasteiger partial charge >= 0.3 is 6.03 Å². The number of carbonyl (C=O) groups is 2. The van der Waals surface area contributed by atoms with Gasteiger partial charge in [0.15, 0.2) is 0 Å². The zero-order chi connectivity index (χ0) is 15.9. The second-order valence-corrected chi connectivity index (χ2v) is 5.55. The number of anilines is 1. The molecule has 2 heterocycles. The van der Waals surface area contributed by atoms with Crippen molar-refractivity contribution in [2.24, 2.45) is 0 Å². The average Bonchev–Trinajstić information content (AvgIpc) is 2.54. The van der Waals surface area contributed by atoms with Gasteiger partial charge in [-0.25, -0.2) is 9.78 Å². The Balaban J connectivity index is 1.90. The van der Waals surface area contributed by atoms with E-state index >= 15 is 0 Å². The van der Waals surface area contributed by atoms with Gasteiger partial charge in [-0.15, -0.1) is 0 Å². The molecule has 2 rings (SSSR count). The lowest BCUT2D eigenvalue weighted by Gasteiger charge is -2.26. The molecule has 0 unspecified atom stereocenters. The average molecular weight is 302 g/mol. The minimum atomic E-state index is -0.320. The first-order chi connectivity index (χ1) is 10.6. The van der Waals surface area contributed by atoms with Gasteiger partial charge in [-0.2, -0.15) is 0 Å². The van der Waals surface area contributed by atoms with E-state index < -0.39 is 0 Å². The molecule has 22 heavy (non-hydrogen) atoms. The molecule has 0 aromatic carbocycles. The molecule has 6 heteroatoms. The number of piperidine rings is 1. The molecule has 0 atom stereocenters. The number of nitrogens with one attached hydrogen (secondary N) is 2. The summed E-state index contributed by atoms with van der Waals surface area (Å²) in [5.74, 6) is -0.0435. The summed E-state index contributed by atoms with van der Waals surface area (Å²) in [5, 5.41) is 5.33. The lowest BCUT2D eigenvalue weighted by atomic mass is 10.1. The molecule has 1 saturated heterocycles. The van der Waals surface area contributed by atoms with E-state index in [9.17, 15) is 9.59 Å². The van der Waals surface area contributed by atoms with Crippen LogP contribution in [0.2, 0.25) is 0 Å². The zero-order valence-corrected chi connectivity index (χ0v) is 12.9. The number of rotatable bonds is 4. The van der Waals surface area contributed by atoms with E-state index in [0.717, 1.165) is 31.5 Å². The number of carbonyl (C=O) groups excluding carboxylic acids is 2. The maximum atomic E-state index is 12.3. The van der Waals surface area contributed by atoms with E-state index in [0.29, 0.717) is 17.9 Å². The Hall–Kier alpha value is -2.37. The first-order valence-electron chi connectivity index (χ1n) is 7.51. The van der Waals surface area contributed by atoms with Gasteiger partial charge in [-0.1, -0.05) is 12.2 Å². The van der Waals surface area contributed by atoms with Gasteiger partial charge in [0.2, 0.25) is 0 Å². The van der Waals surface area contributed by atoms with Crippen molar-refractivity contribution in [2.75, 3.05) is 25.0 Å². The molecule has 0 spiro atoms. The van der Waals surface area contributed by atoms with Crippen LogP contribution >= 0.6 is 0 Å². The Labute approximate surface area is 130 Å². The van der Waals surface area contributed by atoms with Crippen LogP contribution < -0.4 is 10.6 Å². The van der Waals surface area contributed by atoms with Gasteiger partial charge in [0, 0.05) is 19.6 Å². The van der Waals surface area contributed by atoms with E-state index in [1.54, 1.807) is 12.1 Å². The molecule has 0 radical (unpaired) electrons. The van der Waals surface area contributed by atoms with Crippen molar-refractivity contribution in [3.8, 4) is 0 Å². The molecule has 0 aliphatic carbocycles. The Morgan fingerprint density at radius 1 is 1.27 bits per heavy atom. The fourth-order valence-corrected chi connectivity index (χ4v) is 2.26. The van der Waals surface area contributed by atoms with Crippen LogP contribution in [0.3, 0.4) is 0 Å². The van der Waals surface area contributed by atoms with Gasteiger partial charge in [-0.05, 0) is 38.3 Å². The van der Waals surface area contributed by atoms with Crippen molar-refractivity contribution in [3.63, 3.8) is 0 Å². The van der Waals surface area contributed by atoms with Crippen LogP contribution in [-0.2, 0) is 0 Å². The van der Waals surface area contributed by atoms with E-state index in [1.165, 1.54) is 12.6 Å². The van der Waals surface area contributed by atoms with Gasteiger partial charge in [-0.3, -0.25) is 4.79 Å². The molecule has 1 aliphatic rings. The minimum Gasteiger partial charge on any atom is -0.337 e. The number of likely N-dealkylation sites (tertiary alicyclic amines) is 1. The second-order valence-electron chi connectivity index (χ2n) is 5.55. The maximum absolute atomic E-state index is 12.3. The highest BCUT2D eigenvalue weighted by atomic mass is 16.2. The van der Waals surface area contributed by atoms with Gasteiger partial charge < -0.3 is 15.5 Å². The molecule has 1 aliphatic heterocycles. The molecule has 2 N–H and O–H groups in total. The summed E-state index contributed by atoms with van der Waals surface area (Å²) in [4.78, 5) is 29.9. The summed E-state index contributed by atoms with van der Waals surface area (Å²) in [6.07, 6.45) is 4.78. The molecular weight excluding hydrogens is 280 g/mol. The van der Waals surface area contributed by atoms with Gasteiger partial charge in [0.25, 0.3) is 5.91 Å². The summed E-state index contributed by atoms with van der Waals surface area (Å²) in [5.41, 5.74) is 1.83. The minimum absolute atomic E-state index is 0.0435. The van der Waals surface area contributed by atoms with Crippen LogP contribution in [0.15, 0.2) is 30.5 Å². The zero-order valence-electron chi connectivity index (χ0n) is 12.9. The predicted octanol–water partition coefficient (Wildman–Crippen LogP) is 2.41. The van der Waals surface area contributed by atoms with E-state index in [4.69, 9.17) is 0 Å². The van der Waals surface area contributed by atoms with Crippen LogP contribution in [0.4, 0.5) is 10.5 Å². The number of aromatic nitrogens is 1. The Bertz CT molecular complexity index is 548. The number of hydrogen-bond donors (Lipinski definition) is 2. The first-order valence-corrected chi connectivity index (χ1v) is 7.51. The van der Waals surface area contributed by atoms with Crippen LogP contribution in [0.1, 0.15) is 36.7 Å². The quantitative estimate of drug-likeness (QED) is 0.839. The standard InChI is InChI=1S/C16H22N4O2/c1-12(2)10-18-16(22)19-13-6-7-14(17-11-13)15(21)20-8-4-3-5-9-20/h6-7,11H,1,3-5,8-10H2,2H3,(H2,18,19,22). The molecule has 0 bridgehead atoms. The lowest BCUT2D eigenvalue weighted by molar-refractivity contribution is 0.0718. The smallest absolute Gasteiger partial charge is 0.319 e. The number of amides is 3. The van der Waals surface area contributed by atoms with Crippen molar-refractivity contribution >= 4 is 17.6 Å². The third-order valence-electron chi connectivity index (χ3n) is 3.43. The highest BCUT2D eigenvalue weighted by molar-refractivity contribution is 5.93. The molecule has 1 fully saturated rings. The Morgan fingerprint density at radius 2 is 2.00 bits per heavy atom. The molecule has 118 valence electrons. The first kappa shape index (κ1) is 16.0. The highest BCUT2D eigenvalue weighted by Gasteiger charge is 2.19. The van der Waals surface area contributed by atoms with Crippen molar-refractivity contribution in [3.05, 3.63) is 36.2 Å². The Kier molecular flexibility index (Phi) is 5.52. The van der Waals surface area contributed by atoms with Crippen LogP contribution in [0, 0.1) is 0 Å². The number of pyridine rings is 1. The normalized spacial score (nSPS) is 14.3. The highest BCUT2D eigenvalue weighted by Crippen LogP contribution is 2.13. The molecule has 6 nitrogen and oxygen atoms in total. The molecule has 0 saturated carbocycles. The lowest BCUT2D eigenvalue weighted by Crippen LogP contribution is -2.36. The van der Waals surface area contributed by atoms with Gasteiger partial charge in [0.1, 0.15) is 5.69 Å². The molecule has 1 aromatic heterocycles. The van der Waals surface area contributed by atoms with Crippen LogP contribution in [0.5, 0.6) is 0 Å². The maximum Gasteiger partial charge on any atom is 0.319 e. The summed E-state index contributed by atoms with van der Waals surface area (Å²) in [7, 11) is 0. The van der Waals surface area contributed by atoms with E-state index in [-0.39, 0.29) is 11.9 Å². The summed E-state index contributed by atoms with van der Waals surface area (Å²) in [6.45, 7) is 7.56. The van der Waals surface area contributed by atoms with E-state index in [2.05, 4.69) is 22.2 Å². The summed E-state index contributed by atoms with van der Waals surface area (Å²) >= 11 is 0. The van der Waals surface area contributed by atoms with Crippen LogP contribution in [0.25, 0.3) is 0 Å². The SMILES string of the molecule is C=C(C)CNC(=O)Nc1ccc(C(=O)N2CCCCC2)nc1. The predicted molar refractivity (Wildman–Crippen MR) is 85.8 cm³/mol. The Morgan fingerprint density at radius 3 is 2.59 bits per heavy atom. The number of urea groups is 1. The molecular formula is C16H22N4O2. The summed E-state index contributed by atoms with van der Waals surface area (Å²) < 4.78 is 0. The third kappa shape index (κ3) is 4.58. The van der Waals surface area contributed by atoms with Gasteiger partial charge in [0.05, 0.1) is 11.9 Å². The number of hydrogen-bond acceptors (Lipinski definition) is 3. The summed E-state index contributed by atoms with van der Waals surface area (Å²) in [6, 6.07) is 3.01. The number of nitrogens with zero attached hydrogens (tertiary/aromatic N) is 2. The van der Waals surface area contributed by atoms with Crippen molar-refractivity contribution in [1.82, 2.24) is 15.2 Å². The fourth-order valence-electron chi connectivity index (χ4n) is 2.26. The van der Waals surface area contributed by atoms with E-state index in [1.807, 2.05) is 11.8 Å². The topological polar surface area (TPSA) is 74.3 Å². The van der Waals surface area contributed by atoms with Crippen LogP contribution in [-0.4, -0.2) is 41.5 Å². The second kappa shape index (κ2) is 7.59. The molecule has 3 amide bonds. The fraction of sp³-hybridized carbons (Fsp3) is 0.438. The largest absolute Gasteiger partial charge is 0.337 e. The van der Waals surface area contributed by atoms with Crippen molar-refractivity contribution in [1.29, 1.82) is 0 Å². The van der Waals surface area contributed by atoms with Crippen molar-refractivity contribution in [2.45, 2.75) is 26.2 Å². The van der Waals surface area contributed by atoms with Crippen molar-refractivity contribution < 1.29 is 9.59 Å². The monoisotopic (exact) mass is 302 g/mol. The third-order valence-corrected chi connectivity index (χ3v) is 3.43. The molecule has 1 aromatic rings.